The van der Waals surface area contributed by atoms with Gasteiger partial charge >= 0.3 is 0 Å². The first kappa shape index (κ1) is 9.54. The Morgan fingerprint density at radius 1 is 1.25 bits per heavy atom. The number of hydrogen-bond donors (Lipinski definition) is 1. The zero-order chi connectivity index (χ0) is 10.8. The summed E-state index contributed by atoms with van der Waals surface area (Å²) in [6, 6.07) is 8.39. The van der Waals surface area contributed by atoms with Gasteiger partial charge in [0, 0.05) is 12.0 Å². The predicted molar refractivity (Wildman–Crippen MR) is 62.4 cm³/mol. The van der Waals surface area contributed by atoms with Gasteiger partial charge in [-0.3, -0.25) is 0 Å². The van der Waals surface area contributed by atoms with Gasteiger partial charge in [-0.15, -0.1) is 0 Å². The van der Waals surface area contributed by atoms with Crippen molar-refractivity contribution in [2.75, 3.05) is 18.5 Å². The molecule has 1 atom stereocenters. The molecule has 2 aromatic rings. The van der Waals surface area contributed by atoms with Gasteiger partial charge in [-0.25, -0.2) is 9.97 Å². The smallest absolute Gasteiger partial charge is 0.137 e. The monoisotopic (exact) mass is 215 g/mol. The lowest BCUT2D eigenvalue weighted by molar-refractivity contribution is 0.195. The number of fused-ring (bicyclic) bond motifs is 1. The molecule has 0 radical (unpaired) electrons. The Morgan fingerprint density at radius 3 is 3.06 bits per heavy atom. The molecule has 4 nitrogen and oxygen atoms in total. The summed E-state index contributed by atoms with van der Waals surface area (Å²) < 4.78 is 5.34. The van der Waals surface area contributed by atoms with E-state index < -0.39 is 0 Å². The Morgan fingerprint density at radius 2 is 2.19 bits per heavy atom. The van der Waals surface area contributed by atoms with Gasteiger partial charge in [0.1, 0.15) is 12.1 Å². The summed E-state index contributed by atoms with van der Waals surface area (Å²) in [4.78, 5) is 8.53. The molecule has 0 aliphatic carbocycles. The standard InChI is InChI=1S/C12H13N3O/c1-2-4-11-10(3-1)12(14-8-13-11)15-9-5-6-16-7-9/h1-4,8-9H,5-7H2,(H,13,14,15). The van der Waals surface area contributed by atoms with Crippen LogP contribution in [0.25, 0.3) is 10.9 Å². The maximum atomic E-state index is 5.34. The third-order valence-corrected chi connectivity index (χ3v) is 2.81. The van der Waals surface area contributed by atoms with Crippen molar-refractivity contribution in [1.29, 1.82) is 0 Å². The average molecular weight is 215 g/mol. The van der Waals surface area contributed by atoms with Crippen LogP contribution >= 0.6 is 0 Å². The molecule has 4 heteroatoms. The van der Waals surface area contributed by atoms with Crippen LogP contribution in [0.15, 0.2) is 30.6 Å². The normalized spacial score (nSPS) is 20.1. The zero-order valence-electron chi connectivity index (χ0n) is 8.89. The highest BCUT2D eigenvalue weighted by Gasteiger charge is 2.16. The van der Waals surface area contributed by atoms with E-state index in [1.807, 2.05) is 24.3 Å². The Kier molecular flexibility index (Phi) is 2.42. The topological polar surface area (TPSA) is 47.0 Å². The van der Waals surface area contributed by atoms with Crippen molar-refractivity contribution < 1.29 is 4.74 Å². The predicted octanol–water partition coefficient (Wildman–Crippen LogP) is 1.83. The number of nitrogens with one attached hydrogen (secondary N) is 1. The number of nitrogens with zero attached hydrogens (tertiary/aromatic N) is 2. The lowest BCUT2D eigenvalue weighted by Crippen LogP contribution is -2.19. The van der Waals surface area contributed by atoms with Crippen molar-refractivity contribution in [2.45, 2.75) is 12.5 Å². The lowest BCUT2D eigenvalue weighted by atomic mass is 10.2. The van der Waals surface area contributed by atoms with E-state index in [9.17, 15) is 0 Å². The minimum atomic E-state index is 0.373. The van der Waals surface area contributed by atoms with Gasteiger partial charge in [0.05, 0.1) is 18.2 Å². The fourth-order valence-corrected chi connectivity index (χ4v) is 1.96. The second kappa shape index (κ2) is 4.06. The number of aromatic nitrogens is 2. The molecule has 1 N–H and O–H groups in total. The van der Waals surface area contributed by atoms with E-state index in [1.165, 1.54) is 0 Å². The third kappa shape index (κ3) is 1.72. The van der Waals surface area contributed by atoms with E-state index in [0.717, 1.165) is 36.4 Å². The molecule has 16 heavy (non-hydrogen) atoms. The maximum Gasteiger partial charge on any atom is 0.137 e. The number of para-hydroxylation sites is 1. The van der Waals surface area contributed by atoms with E-state index in [-0.39, 0.29) is 0 Å². The number of benzene rings is 1. The first-order valence-corrected chi connectivity index (χ1v) is 5.47. The summed E-state index contributed by atoms with van der Waals surface area (Å²) in [6.45, 7) is 1.60. The minimum Gasteiger partial charge on any atom is -0.379 e. The molecule has 1 saturated heterocycles. The van der Waals surface area contributed by atoms with E-state index in [1.54, 1.807) is 6.33 Å². The fourth-order valence-electron chi connectivity index (χ4n) is 1.96. The number of rotatable bonds is 2. The van der Waals surface area contributed by atoms with Gasteiger partial charge in [0.25, 0.3) is 0 Å². The molecule has 1 unspecified atom stereocenters. The molecule has 1 aromatic heterocycles. The molecule has 3 rings (SSSR count). The van der Waals surface area contributed by atoms with Crippen molar-refractivity contribution in [2.24, 2.45) is 0 Å². The summed E-state index contributed by atoms with van der Waals surface area (Å²) in [5.74, 6) is 0.904. The summed E-state index contributed by atoms with van der Waals surface area (Å²) in [5.41, 5.74) is 0.971. The summed E-state index contributed by atoms with van der Waals surface area (Å²) in [7, 11) is 0. The van der Waals surface area contributed by atoms with Crippen LogP contribution in [0, 0.1) is 0 Å². The van der Waals surface area contributed by atoms with E-state index >= 15 is 0 Å². The summed E-state index contributed by atoms with van der Waals surface area (Å²) >= 11 is 0. The number of anilines is 1. The molecule has 1 aliphatic heterocycles. The Balaban J connectivity index is 1.96. The SMILES string of the molecule is c1ccc2c(NC3CCOC3)ncnc2c1. The molecule has 0 spiro atoms. The highest BCUT2D eigenvalue weighted by Crippen LogP contribution is 2.20. The Hall–Kier alpha value is -1.68. The van der Waals surface area contributed by atoms with Crippen LogP contribution in [0.5, 0.6) is 0 Å². The van der Waals surface area contributed by atoms with Crippen LogP contribution in [0.4, 0.5) is 5.82 Å². The molecule has 1 fully saturated rings. The van der Waals surface area contributed by atoms with Crippen LogP contribution in [-0.2, 0) is 4.74 Å². The fraction of sp³-hybridized carbons (Fsp3) is 0.333. The second-order valence-corrected chi connectivity index (χ2v) is 3.94. The molecular formula is C12H13N3O. The van der Waals surface area contributed by atoms with Crippen LogP contribution in [-0.4, -0.2) is 29.2 Å². The van der Waals surface area contributed by atoms with Gasteiger partial charge in [-0.2, -0.15) is 0 Å². The summed E-state index contributed by atoms with van der Waals surface area (Å²) in [6.07, 6.45) is 2.64. The average Bonchev–Trinajstić information content (AvgIpc) is 2.82. The Labute approximate surface area is 93.7 Å². The highest BCUT2D eigenvalue weighted by molar-refractivity contribution is 5.88. The van der Waals surface area contributed by atoms with Crippen LogP contribution < -0.4 is 5.32 Å². The lowest BCUT2D eigenvalue weighted by Gasteiger charge is -2.12. The molecule has 0 amide bonds. The van der Waals surface area contributed by atoms with Crippen LogP contribution in [0.1, 0.15) is 6.42 Å². The van der Waals surface area contributed by atoms with Crippen molar-refractivity contribution in [3.8, 4) is 0 Å². The zero-order valence-corrected chi connectivity index (χ0v) is 8.89. The van der Waals surface area contributed by atoms with Crippen molar-refractivity contribution in [1.82, 2.24) is 9.97 Å². The molecule has 0 saturated carbocycles. The molecule has 1 aromatic carbocycles. The summed E-state index contributed by atoms with van der Waals surface area (Å²) in [5, 5.41) is 4.47. The van der Waals surface area contributed by atoms with Gasteiger partial charge in [0.2, 0.25) is 0 Å². The molecule has 82 valence electrons. The van der Waals surface area contributed by atoms with Crippen LogP contribution in [0.3, 0.4) is 0 Å². The molecular weight excluding hydrogens is 202 g/mol. The van der Waals surface area contributed by atoms with Crippen LogP contribution in [0.2, 0.25) is 0 Å². The van der Waals surface area contributed by atoms with Gasteiger partial charge in [-0.1, -0.05) is 12.1 Å². The van der Waals surface area contributed by atoms with E-state index in [4.69, 9.17) is 4.74 Å². The van der Waals surface area contributed by atoms with Crippen molar-refractivity contribution >= 4 is 16.7 Å². The largest absolute Gasteiger partial charge is 0.379 e. The quantitative estimate of drug-likeness (QED) is 0.830. The third-order valence-electron chi connectivity index (χ3n) is 2.81. The maximum absolute atomic E-state index is 5.34. The van der Waals surface area contributed by atoms with Crippen molar-refractivity contribution in [3.63, 3.8) is 0 Å². The first-order chi connectivity index (χ1) is 7.93. The minimum absolute atomic E-state index is 0.373. The highest BCUT2D eigenvalue weighted by atomic mass is 16.5. The van der Waals surface area contributed by atoms with E-state index in [0.29, 0.717) is 6.04 Å². The van der Waals surface area contributed by atoms with Gasteiger partial charge in [-0.05, 0) is 18.6 Å². The van der Waals surface area contributed by atoms with E-state index in [2.05, 4.69) is 15.3 Å². The Bertz CT molecular complexity index is 489. The second-order valence-electron chi connectivity index (χ2n) is 3.94. The molecule has 2 heterocycles. The van der Waals surface area contributed by atoms with Gasteiger partial charge in [0.15, 0.2) is 0 Å². The molecule has 0 bridgehead atoms. The number of ether oxygens (including phenoxy) is 1. The molecule has 1 aliphatic rings. The first-order valence-electron chi connectivity index (χ1n) is 5.47. The number of hydrogen-bond acceptors (Lipinski definition) is 4. The van der Waals surface area contributed by atoms with Crippen molar-refractivity contribution in [3.05, 3.63) is 30.6 Å². The van der Waals surface area contributed by atoms with Gasteiger partial charge < -0.3 is 10.1 Å².